The Kier molecular flexibility index (Phi) is 5.14. The van der Waals surface area contributed by atoms with Crippen molar-refractivity contribution >= 4 is 49.9 Å². The predicted octanol–water partition coefficient (Wildman–Crippen LogP) is 3.80. The van der Waals surface area contributed by atoms with Crippen molar-refractivity contribution in [3.63, 3.8) is 0 Å². The number of rotatable bonds is 5. The summed E-state index contributed by atoms with van der Waals surface area (Å²) in [7, 11) is -3.51. The first-order valence-corrected chi connectivity index (χ1v) is 10.4. The molecule has 2 N–H and O–H groups in total. The number of hydrogen-bond donors (Lipinski definition) is 1. The molecule has 2 heterocycles. The van der Waals surface area contributed by atoms with Crippen LogP contribution in [0.1, 0.15) is 17.8 Å². The van der Waals surface area contributed by atoms with Gasteiger partial charge in [0.05, 0.1) is 21.2 Å². The van der Waals surface area contributed by atoms with Crippen LogP contribution in [0.15, 0.2) is 29.3 Å². The summed E-state index contributed by atoms with van der Waals surface area (Å²) in [5.74, 6) is 1.10. The number of anilines is 1. The van der Waals surface area contributed by atoms with Gasteiger partial charge in [0, 0.05) is 17.8 Å². The van der Waals surface area contributed by atoms with Gasteiger partial charge in [-0.1, -0.05) is 23.2 Å². The highest BCUT2D eigenvalue weighted by Gasteiger charge is 2.19. The number of hydrogen-bond acceptors (Lipinski definition) is 5. The number of nitrogens with two attached hydrogens (primary N) is 1. The van der Waals surface area contributed by atoms with Gasteiger partial charge in [0.25, 0.3) is 0 Å². The van der Waals surface area contributed by atoms with Crippen molar-refractivity contribution in [3.05, 3.63) is 45.8 Å². The maximum absolute atomic E-state index is 12.6. The summed E-state index contributed by atoms with van der Waals surface area (Å²) in [5.41, 5.74) is 8.38. The number of imidazole rings is 1. The van der Waals surface area contributed by atoms with E-state index in [-0.39, 0.29) is 15.7 Å². The van der Waals surface area contributed by atoms with Crippen LogP contribution in [0.25, 0.3) is 11.0 Å². The number of aromatic nitrogens is 3. The van der Waals surface area contributed by atoms with Crippen LogP contribution in [-0.2, 0) is 16.4 Å². The van der Waals surface area contributed by atoms with Crippen LogP contribution in [-0.4, -0.2) is 28.7 Å². The summed E-state index contributed by atoms with van der Waals surface area (Å²) < 4.78 is 27.1. The fraction of sp³-hybridized carbons (Fsp3) is 0.294. The first-order valence-electron chi connectivity index (χ1n) is 7.96. The van der Waals surface area contributed by atoms with Gasteiger partial charge in [-0.15, -0.1) is 0 Å². The van der Waals surface area contributed by atoms with Crippen molar-refractivity contribution < 1.29 is 8.42 Å². The molecule has 0 atom stereocenters. The topological polar surface area (TPSA) is 90.9 Å². The molecule has 2 aromatic heterocycles. The predicted molar refractivity (Wildman–Crippen MR) is 105 cm³/mol. The lowest BCUT2D eigenvalue weighted by molar-refractivity contribution is 0.586. The number of sulfone groups is 1. The summed E-state index contributed by atoms with van der Waals surface area (Å²) >= 11 is 11.9. The van der Waals surface area contributed by atoms with Crippen LogP contribution < -0.4 is 5.73 Å². The lowest BCUT2D eigenvalue weighted by Crippen LogP contribution is -2.11. The summed E-state index contributed by atoms with van der Waals surface area (Å²) in [5, 5.41) is 0.535. The Morgan fingerprint density at radius 3 is 2.65 bits per heavy atom. The van der Waals surface area contributed by atoms with Gasteiger partial charge in [-0.3, -0.25) is 0 Å². The Balaban J connectivity index is 1.83. The summed E-state index contributed by atoms with van der Waals surface area (Å²) in [6.07, 6.45) is 2.11. The van der Waals surface area contributed by atoms with Gasteiger partial charge < -0.3 is 10.3 Å². The van der Waals surface area contributed by atoms with Gasteiger partial charge in [0.2, 0.25) is 0 Å². The Labute approximate surface area is 161 Å². The average molecular weight is 413 g/mol. The van der Waals surface area contributed by atoms with Crippen molar-refractivity contribution in [3.8, 4) is 0 Å². The number of pyridine rings is 1. The molecule has 0 saturated carbocycles. The molecule has 0 bridgehead atoms. The van der Waals surface area contributed by atoms with Gasteiger partial charge in [-0.25, -0.2) is 18.4 Å². The van der Waals surface area contributed by atoms with Crippen LogP contribution >= 0.6 is 23.2 Å². The quantitative estimate of drug-likeness (QED) is 0.687. The van der Waals surface area contributed by atoms with Crippen LogP contribution in [0, 0.1) is 13.8 Å². The van der Waals surface area contributed by atoms with Gasteiger partial charge in [-0.2, -0.15) is 0 Å². The van der Waals surface area contributed by atoms with Crippen molar-refractivity contribution in [2.45, 2.75) is 31.7 Å². The minimum atomic E-state index is -3.51. The van der Waals surface area contributed by atoms with E-state index in [1.165, 1.54) is 18.2 Å². The number of nitrogen functional groups attached to an aromatic ring is 1. The highest BCUT2D eigenvalue weighted by atomic mass is 35.5. The van der Waals surface area contributed by atoms with E-state index in [0.29, 0.717) is 29.3 Å². The van der Waals surface area contributed by atoms with E-state index >= 15 is 0 Å². The van der Waals surface area contributed by atoms with Gasteiger partial charge in [-0.05, 0) is 44.0 Å². The molecular weight excluding hydrogens is 395 g/mol. The zero-order valence-electron chi connectivity index (χ0n) is 14.3. The molecule has 0 aliphatic heterocycles. The van der Waals surface area contributed by atoms with Gasteiger partial charge >= 0.3 is 0 Å². The Morgan fingerprint density at radius 1 is 1.23 bits per heavy atom. The van der Waals surface area contributed by atoms with E-state index in [1.54, 1.807) is 6.20 Å². The molecule has 0 unspecified atom stereocenters. The van der Waals surface area contributed by atoms with E-state index < -0.39 is 9.84 Å². The molecule has 6 nitrogen and oxygen atoms in total. The van der Waals surface area contributed by atoms with Crippen molar-refractivity contribution in [2.75, 3.05) is 11.5 Å². The standard InChI is InChI=1S/C17H18Cl2N4O2S/c1-10-9-21-17(20)15-16(10)23(11(2)22-15)6-3-7-26(24,25)14-5-4-12(18)8-13(14)19/h4-5,8-9H,3,6-7H2,1-2H3,(H2,20,21). The van der Waals surface area contributed by atoms with Gasteiger partial charge in [0.1, 0.15) is 11.3 Å². The SMILES string of the molecule is Cc1cnc(N)c2nc(C)n(CCCS(=O)(=O)c3ccc(Cl)cc3Cl)c12. The third kappa shape index (κ3) is 3.51. The molecular formula is C17H18Cl2N4O2S. The molecule has 0 amide bonds. The van der Waals surface area contributed by atoms with Crippen molar-refractivity contribution in [2.24, 2.45) is 0 Å². The molecule has 0 aliphatic carbocycles. The first-order chi connectivity index (χ1) is 12.2. The van der Waals surface area contributed by atoms with E-state index in [2.05, 4.69) is 9.97 Å². The highest BCUT2D eigenvalue weighted by molar-refractivity contribution is 7.91. The summed E-state index contributed by atoms with van der Waals surface area (Å²) in [6, 6.07) is 4.39. The Morgan fingerprint density at radius 2 is 1.96 bits per heavy atom. The molecule has 0 aliphatic rings. The van der Waals surface area contributed by atoms with E-state index in [0.717, 1.165) is 16.9 Å². The molecule has 0 spiro atoms. The largest absolute Gasteiger partial charge is 0.382 e. The molecule has 26 heavy (non-hydrogen) atoms. The Hall–Kier alpha value is -1.83. The number of nitrogens with zero attached hydrogens (tertiary/aromatic N) is 3. The smallest absolute Gasteiger partial charge is 0.179 e. The monoisotopic (exact) mass is 412 g/mol. The number of fused-ring (bicyclic) bond motifs is 1. The number of benzene rings is 1. The lowest BCUT2D eigenvalue weighted by Gasteiger charge is -2.10. The second kappa shape index (κ2) is 7.06. The minimum Gasteiger partial charge on any atom is -0.382 e. The maximum Gasteiger partial charge on any atom is 0.179 e. The fourth-order valence-corrected chi connectivity index (χ4v) is 5.08. The molecule has 3 rings (SSSR count). The third-order valence-electron chi connectivity index (χ3n) is 4.20. The molecule has 138 valence electrons. The molecule has 9 heteroatoms. The molecule has 0 fully saturated rings. The van der Waals surface area contributed by atoms with Crippen LogP contribution in [0.2, 0.25) is 10.0 Å². The summed E-state index contributed by atoms with van der Waals surface area (Å²) in [6.45, 7) is 4.29. The van der Waals surface area contributed by atoms with Gasteiger partial charge in [0.15, 0.2) is 15.7 Å². The Bertz CT molecular complexity index is 1090. The highest BCUT2D eigenvalue weighted by Crippen LogP contribution is 2.27. The van der Waals surface area contributed by atoms with E-state index in [1.807, 2.05) is 18.4 Å². The normalized spacial score (nSPS) is 12.0. The molecule has 0 saturated heterocycles. The second-order valence-electron chi connectivity index (χ2n) is 6.08. The average Bonchev–Trinajstić information content (AvgIpc) is 2.88. The fourth-order valence-electron chi connectivity index (χ4n) is 2.96. The molecule has 3 aromatic rings. The van der Waals surface area contributed by atoms with Crippen LogP contribution in [0.3, 0.4) is 0 Å². The number of aryl methyl sites for hydroxylation is 3. The molecule has 0 radical (unpaired) electrons. The van der Waals surface area contributed by atoms with E-state index in [4.69, 9.17) is 28.9 Å². The summed E-state index contributed by atoms with van der Waals surface area (Å²) in [4.78, 5) is 8.68. The third-order valence-corrected chi connectivity index (χ3v) is 6.71. The first kappa shape index (κ1) is 18.9. The van der Waals surface area contributed by atoms with Crippen LogP contribution in [0.5, 0.6) is 0 Å². The van der Waals surface area contributed by atoms with Crippen molar-refractivity contribution in [1.29, 1.82) is 0 Å². The van der Waals surface area contributed by atoms with Crippen LogP contribution in [0.4, 0.5) is 5.82 Å². The van der Waals surface area contributed by atoms with E-state index in [9.17, 15) is 8.42 Å². The van der Waals surface area contributed by atoms with Crippen molar-refractivity contribution in [1.82, 2.24) is 14.5 Å². The molecule has 1 aromatic carbocycles. The zero-order valence-corrected chi connectivity index (χ0v) is 16.7. The maximum atomic E-state index is 12.6. The second-order valence-corrected chi connectivity index (χ2v) is 9.00. The lowest BCUT2D eigenvalue weighted by atomic mass is 10.2. The zero-order chi connectivity index (χ0) is 19.1. The minimum absolute atomic E-state index is 0.0346. The number of halogens is 2.